The Balaban J connectivity index is 1.90. The summed E-state index contributed by atoms with van der Waals surface area (Å²) in [6, 6.07) is 16.2. The number of aryl methyl sites for hydroxylation is 1. The first-order chi connectivity index (χ1) is 15.0. The van der Waals surface area contributed by atoms with Gasteiger partial charge in [0.15, 0.2) is 5.78 Å². The molecule has 0 unspecified atom stereocenters. The zero-order chi connectivity index (χ0) is 23.3. The first kappa shape index (κ1) is 21.9. The predicted molar refractivity (Wildman–Crippen MR) is 133 cm³/mol. The minimum atomic E-state index is -0.264. The molecule has 32 heavy (non-hydrogen) atoms. The zero-order valence-corrected chi connectivity index (χ0v) is 20.0. The number of hydrogen-bond acceptors (Lipinski definition) is 3. The van der Waals surface area contributed by atoms with Crippen molar-refractivity contribution in [3.05, 3.63) is 71.8 Å². The number of imidazole rings is 1. The van der Waals surface area contributed by atoms with E-state index in [0.29, 0.717) is 0 Å². The van der Waals surface area contributed by atoms with E-state index in [0.717, 1.165) is 45.0 Å². The molecule has 4 nitrogen and oxygen atoms in total. The largest absolute Gasteiger partial charge is 0.327 e. The van der Waals surface area contributed by atoms with Gasteiger partial charge in [-0.1, -0.05) is 65.8 Å². The predicted octanol–water partition coefficient (Wildman–Crippen LogP) is 6.84. The van der Waals surface area contributed by atoms with E-state index in [1.54, 1.807) is 0 Å². The van der Waals surface area contributed by atoms with Gasteiger partial charge in [-0.3, -0.25) is 4.79 Å². The lowest BCUT2D eigenvalue weighted by Gasteiger charge is -2.31. The van der Waals surface area contributed by atoms with Crippen LogP contribution in [0.3, 0.4) is 0 Å². The molecule has 4 rings (SSSR count). The highest BCUT2D eigenvalue weighted by Crippen LogP contribution is 2.38. The molecule has 0 fully saturated rings. The molecule has 1 aliphatic carbocycles. The number of allylic oxidation sites excluding steroid dienone is 4. The molecule has 164 valence electrons. The van der Waals surface area contributed by atoms with E-state index in [2.05, 4.69) is 58.2 Å². The molecule has 0 saturated carbocycles. The molecule has 0 saturated heterocycles. The molecule has 0 amide bonds. The van der Waals surface area contributed by atoms with Crippen LogP contribution in [0.1, 0.15) is 41.5 Å². The summed E-state index contributed by atoms with van der Waals surface area (Å²) in [5.74, 6) is 0.991. The highest BCUT2D eigenvalue weighted by molar-refractivity contribution is 6.23. The van der Waals surface area contributed by atoms with Gasteiger partial charge < -0.3 is 4.57 Å². The van der Waals surface area contributed by atoms with Crippen molar-refractivity contribution in [2.24, 2.45) is 22.9 Å². The third-order valence-corrected chi connectivity index (χ3v) is 5.87. The molecule has 1 aromatic heterocycles. The Hall–Kier alpha value is -3.27. The molecule has 0 N–H and O–H groups in total. The molecular weight excluding hydrogens is 394 g/mol. The molecule has 0 radical (unpaired) electrons. The maximum atomic E-state index is 13.2. The van der Waals surface area contributed by atoms with Gasteiger partial charge in [0.1, 0.15) is 5.82 Å². The van der Waals surface area contributed by atoms with Crippen molar-refractivity contribution in [1.82, 2.24) is 9.55 Å². The third kappa shape index (κ3) is 3.97. The van der Waals surface area contributed by atoms with Crippen molar-refractivity contribution in [1.29, 1.82) is 0 Å². The fourth-order valence-corrected chi connectivity index (χ4v) is 4.08. The van der Waals surface area contributed by atoms with Gasteiger partial charge in [0.05, 0.1) is 22.4 Å². The minimum absolute atomic E-state index is 0.118. The second-order valence-corrected chi connectivity index (χ2v) is 10.5. The maximum Gasteiger partial charge on any atom is 0.186 e. The lowest BCUT2D eigenvalue weighted by atomic mass is 9.72. The monoisotopic (exact) mass is 425 g/mol. The third-order valence-electron chi connectivity index (χ3n) is 5.87. The van der Waals surface area contributed by atoms with Gasteiger partial charge in [-0.15, -0.1) is 0 Å². The lowest BCUT2D eigenvalue weighted by molar-refractivity contribution is -0.114. The van der Waals surface area contributed by atoms with E-state index in [4.69, 9.17) is 9.98 Å². The summed E-state index contributed by atoms with van der Waals surface area (Å²) in [6.07, 6.45) is 3.90. The van der Waals surface area contributed by atoms with Crippen molar-refractivity contribution < 1.29 is 4.79 Å². The summed E-state index contributed by atoms with van der Waals surface area (Å²) in [6.45, 7) is 12.5. The van der Waals surface area contributed by atoms with Crippen LogP contribution >= 0.6 is 0 Å². The number of aliphatic imine (C=N–C) groups is 1. The second-order valence-electron chi connectivity index (χ2n) is 10.5. The summed E-state index contributed by atoms with van der Waals surface area (Å²) >= 11 is 0. The Bertz CT molecular complexity index is 1270. The number of hydrogen-bond donors (Lipinski definition) is 0. The van der Waals surface area contributed by atoms with Crippen LogP contribution in [0, 0.1) is 10.8 Å². The van der Waals surface area contributed by atoms with E-state index >= 15 is 0 Å². The Morgan fingerprint density at radius 1 is 0.812 bits per heavy atom. The number of fused-ring (bicyclic) bond motifs is 1. The van der Waals surface area contributed by atoms with Gasteiger partial charge in [0.2, 0.25) is 0 Å². The molecular formula is C28H31N3O. The lowest BCUT2D eigenvalue weighted by Crippen LogP contribution is -2.29. The van der Waals surface area contributed by atoms with Crippen LogP contribution in [-0.4, -0.2) is 21.0 Å². The van der Waals surface area contributed by atoms with Gasteiger partial charge >= 0.3 is 0 Å². The maximum absolute atomic E-state index is 13.2. The standard InChI is InChI=1S/C28H31N3O/c1-27(2,3)20-16-18(17-21(25(20)32)28(4,5)6)29-22-13-9-8-12-19(22)26-30-23-14-10-11-15-24(23)31(26)7/h8-17H,1-7H3. The van der Waals surface area contributed by atoms with E-state index in [-0.39, 0.29) is 16.6 Å². The first-order valence-electron chi connectivity index (χ1n) is 11.1. The smallest absolute Gasteiger partial charge is 0.186 e. The van der Waals surface area contributed by atoms with Gasteiger partial charge in [-0.25, -0.2) is 9.98 Å². The van der Waals surface area contributed by atoms with Crippen LogP contribution in [0.25, 0.3) is 22.4 Å². The summed E-state index contributed by atoms with van der Waals surface area (Å²) in [4.78, 5) is 23.1. The Labute approximate surface area is 190 Å². The molecule has 3 aromatic rings. The first-order valence-corrected chi connectivity index (χ1v) is 11.1. The number of aromatic nitrogens is 2. The number of carbonyl (C=O) groups is 1. The Morgan fingerprint density at radius 3 is 1.97 bits per heavy atom. The fourth-order valence-electron chi connectivity index (χ4n) is 4.08. The van der Waals surface area contributed by atoms with Crippen LogP contribution in [0.15, 0.2) is 76.8 Å². The Morgan fingerprint density at radius 2 is 1.38 bits per heavy atom. The summed E-state index contributed by atoms with van der Waals surface area (Å²) < 4.78 is 2.10. The molecule has 0 atom stereocenters. The SMILES string of the molecule is Cn1c(-c2ccccc2N=C2C=C(C(C)(C)C)C(=O)C(C(C)(C)C)=C2)nc2ccccc21. The van der Waals surface area contributed by atoms with Gasteiger partial charge in [-0.2, -0.15) is 0 Å². The van der Waals surface area contributed by atoms with Crippen LogP contribution in [-0.2, 0) is 11.8 Å². The van der Waals surface area contributed by atoms with Crippen molar-refractivity contribution in [3.63, 3.8) is 0 Å². The topological polar surface area (TPSA) is 47.2 Å². The number of rotatable bonds is 2. The van der Waals surface area contributed by atoms with Gasteiger partial charge in [0, 0.05) is 23.8 Å². The van der Waals surface area contributed by atoms with Crippen LogP contribution < -0.4 is 0 Å². The molecule has 0 aliphatic heterocycles. The average molecular weight is 426 g/mol. The number of ketones is 1. The van der Waals surface area contributed by atoms with E-state index in [9.17, 15) is 4.79 Å². The number of Topliss-reactive ketones (excluding diaryl/α,β-unsaturated/α-hetero) is 1. The van der Waals surface area contributed by atoms with Crippen LogP contribution in [0.4, 0.5) is 5.69 Å². The molecule has 1 aliphatic rings. The summed E-state index contributed by atoms with van der Waals surface area (Å²) in [5.41, 5.74) is 5.70. The number of carbonyl (C=O) groups excluding carboxylic acids is 1. The molecule has 2 aromatic carbocycles. The highest BCUT2D eigenvalue weighted by atomic mass is 16.1. The molecule has 0 bridgehead atoms. The van der Waals surface area contributed by atoms with Crippen LogP contribution in [0.2, 0.25) is 0 Å². The number of nitrogens with zero attached hydrogens (tertiary/aromatic N) is 3. The molecule has 1 heterocycles. The van der Waals surface area contributed by atoms with Crippen molar-refractivity contribution in [2.45, 2.75) is 41.5 Å². The van der Waals surface area contributed by atoms with Crippen molar-refractivity contribution in [2.75, 3.05) is 0 Å². The summed E-state index contributed by atoms with van der Waals surface area (Å²) in [7, 11) is 2.03. The molecule has 4 heteroatoms. The van der Waals surface area contributed by atoms with E-state index in [1.807, 2.05) is 55.6 Å². The minimum Gasteiger partial charge on any atom is -0.327 e. The normalized spacial score (nSPS) is 15.1. The van der Waals surface area contributed by atoms with Gasteiger partial charge in [-0.05, 0) is 47.2 Å². The molecule has 0 spiro atoms. The number of para-hydroxylation sites is 3. The van der Waals surface area contributed by atoms with Crippen LogP contribution in [0.5, 0.6) is 0 Å². The second kappa shape index (κ2) is 7.70. The van der Waals surface area contributed by atoms with Crippen molar-refractivity contribution in [3.8, 4) is 11.4 Å². The Kier molecular flexibility index (Phi) is 5.28. The zero-order valence-electron chi connectivity index (χ0n) is 20.0. The number of benzene rings is 2. The van der Waals surface area contributed by atoms with E-state index < -0.39 is 0 Å². The fraction of sp³-hybridized carbons (Fsp3) is 0.321. The van der Waals surface area contributed by atoms with E-state index in [1.165, 1.54) is 0 Å². The van der Waals surface area contributed by atoms with Gasteiger partial charge in [0.25, 0.3) is 0 Å². The average Bonchev–Trinajstić information content (AvgIpc) is 3.04. The summed E-state index contributed by atoms with van der Waals surface area (Å²) in [5, 5.41) is 0. The highest BCUT2D eigenvalue weighted by Gasteiger charge is 2.34. The quantitative estimate of drug-likeness (QED) is 0.422. The van der Waals surface area contributed by atoms with Crippen molar-refractivity contribution >= 4 is 28.2 Å².